The van der Waals surface area contributed by atoms with Crippen molar-refractivity contribution in [2.45, 2.75) is 43.1 Å². The molecule has 3 aromatic rings. The van der Waals surface area contributed by atoms with E-state index in [1.54, 1.807) is 12.1 Å². The second-order valence-electron chi connectivity index (χ2n) is 7.99. The summed E-state index contributed by atoms with van der Waals surface area (Å²) in [4.78, 5) is 4.70. The van der Waals surface area contributed by atoms with Gasteiger partial charge >= 0.3 is 0 Å². The van der Waals surface area contributed by atoms with Crippen LogP contribution >= 0.6 is 0 Å². The molecule has 140 valence electrons. The van der Waals surface area contributed by atoms with Gasteiger partial charge in [-0.25, -0.2) is 0 Å². The number of nitrogens with zero attached hydrogens (tertiary/aromatic N) is 3. The summed E-state index contributed by atoms with van der Waals surface area (Å²) in [5.41, 5.74) is 2.78. The SMILES string of the molecule is N#Cc1cccc(-c2nc(C3(CN[C@H]4C[C@@H]4c4ccccc4)CCC3)no2)c1. The first kappa shape index (κ1) is 17.2. The van der Waals surface area contributed by atoms with Crippen LogP contribution in [0.5, 0.6) is 0 Å². The maximum Gasteiger partial charge on any atom is 0.257 e. The zero-order valence-corrected chi connectivity index (χ0v) is 15.6. The minimum Gasteiger partial charge on any atom is -0.334 e. The minimum atomic E-state index is -0.0293. The van der Waals surface area contributed by atoms with Gasteiger partial charge in [-0.2, -0.15) is 10.2 Å². The van der Waals surface area contributed by atoms with Crippen molar-refractivity contribution in [3.63, 3.8) is 0 Å². The number of nitrogens with one attached hydrogen (secondary N) is 1. The van der Waals surface area contributed by atoms with Crippen molar-refractivity contribution in [1.29, 1.82) is 5.26 Å². The average molecular weight is 370 g/mol. The van der Waals surface area contributed by atoms with Crippen LogP contribution < -0.4 is 5.32 Å². The first-order valence-corrected chi connectivity index (χ1v) is 9.90. The van der Waals surface area contributed by atoms with E-state index in [2.05, 4.69) is 46.9 Å². The molecule has 0 amide bonds. The number of hydrogen-bond donors (Lipinski definition) is 1. The predicted molar refractivity (Wildman–Crippen MR) is 106 cm³/mol. The molecule has 2 fully saturated rings. The summed E-state index contributed by atoms with van der Waals surface area (Å²) in [6.07, 6.45) is 4.56. The highest BCUT2D eigenvalue weighted by Crippen LogP contribution is 2.45. The van der Waals surface area contributed by atoms with Crippen LogP contribution in [-0.2, 0) is 5.41 Å². The van der Waals surface area contributed by atoms with Crippen LogP contribution in [0.1, 0.15) is 48.6 Å². The molecular formula is C23H22N4O. The Labute approximate surface area is 164 Å². The maximum atomic E-state index is 9.10. The predicted octanol–water partition coefficient (Wildman–Crippen LogP) is 4.18. The van der Waals surface area contributed by atoms with E-state index in [-0.39, 0.29) is 5.41 Å². The normalized spacial score (nSPS) is 22.2. The number of benzene rings is 2. The fourth-order valence-corrected chi connectivity index (χ4v) is 4.18. The van der Waals surface area contributed by atoms with Gasteiger partial charge in [0.05, 0.1) is 11.6 Å². The largest absolute Gasteiger partial charge is 0.334 e. The number of rotatable bonds is 6. The topological polar surface area (TPSA) is 74.7 Å². The van der Waals surface area contributed by atoms with Crippen molar-refractivity contribution in [1.82, 2.24) is 15.5 Å². The summed E-state index contributed by atoms with van der Waals surface area (Å²) >= 11 is 0. The van der Waals surface area contributed by atoms with Gasteiger partial charge in [0.15, 0.2) is 5.82 Å². The molecule has 0 spiro atoms. The van der Waals surface area contributed by atoms with Crippen LogP contribution in [0, 0.1) is 11.3 Å². The van der Waals surface area contributed by atoms with Crippen molar-refractivity contribution in [3.8, 4) is 17.5 Å². The first-order chi connectivity index (χ1) is 13.8. The molecule has 5 nitrogen and oxygen atoms in total. The molecule has 2 aromatic carbocycles. The molecule has 1 N–H and O–H groups in total. The molecule has 0 unspecified atom stereocenters. The van der Waals surface area contributed by atoms with Gasteiger partial charge in [-0.1, -0.05) is 48.0 Å². The second-order valence-corrected chi connectivity index (χ2v) is 7.99. The molecule has 1 aromatic heterocycles. The Morgan fingerprint density at radius 2 is 2.00 bits per heavy atom. The molecule has 1 heterocycles. The van der Waals surface area contributed by atoms with Crippen molar-refractivity contribution in [2.75, 3.05) is 6.54 Å². The Morgan fingerprint density at radius 1 is 1.14 bits per heavy atom. The van der Waals surface area contributed by atoms with E-state index in [9.17, 15) is 0 Å². The molecule has 0 saturated heterocycles. The van der Waals surface area contributed by atoms with Gasteiger partial charge in [0.1, 0.15) is 0 Å². The fourth-order valence-electron chi connectivity index (χ4n) is 4.18. The molecule has 0 bridgehead atoms. The number of hydrogen-bond acceptors (Lipinski definition) is 5. The highest BCUT2D eigenvalue weighted by Gasteiger charge is 2.46. The Morgan fingerprint density at radius 3 is 2.75 bits per heavy atom. The van der Waals surface area contributed by atoms with Gasteiger partial charge in [0.2, 0.25) is 0 Å². The molecule has 2 saturated carbocycles. The third-order valence-electron chi connectivity index (χ3n) is 6.17. The van der Waals surface area contributed by atoms with Gasteiger partial charge in [0.25, 0.3) is 5.89 Å². The highest BCUT2D eigenvalue weighted by atomic mass is 16.5. The van der Waals surface area contributed by atoms with E-state index >= 15 is 0 Å². The van der Waals surface area contributed by atoms with Crippen molar-refractivity contribution in [2.24, 2.45) is 0 Å². The van der Waals surface area contributed by atoms with Gasteiger partial charge < -0.3 is 9.84 Å². The van der Waals surface area contributed by atoms with Crippen LogP contribution in [0.2, 0.25) is 0 Å². The average Bonchev–Trinajstić information content (AvgIpc) is 3.33. The molecule has 5 rings (SSSR count). The van der Waals surface area contributed by atoms with Gasteiger partial charge in [-0.05, 0) is 43.0 Å². The third-order valence-corrected chi connectivity index (χ3v) is 6.17. The Kier molecular flexibility index (Phi) is 4.22. The summed E-state index contributed by atoms with van der Waals surface area (Å²) < 4.78 is 5.55. The van der Waals surface area contributed by atoms with E-state index in [0.717, 1.165) is 30.8 Å². The standard InChI is InChI=1S/C23H22N4O/c24-14-16-6-4-9-18(12-16)21-26-22(27-28-21)23(10-5-11-23)15-25-20-13-19(20)17-7-2-1-3-8-17/h1-4,6-9,12,19-20,25H,5,10-11,13,15H2/t19-,20+/m1/s1. The Hall–Kier alpha value is -2.97. The summed E-state index contributed by atoms with van der Waals surface area (Å²) in [6, 6.07) is 20.7. The van der Waals surface area contributed by atoms with Crippen molar-refractivity contribution >= 4 is 0 Å². The van der Waals surface area contributed by atoms with Gasteiger partial charge in [-0.3, -0.25) is 0 Å². The van der Waals surface area contributed by atoms with E-state index in [0.29, 0.717) is 23.4 Å². The monoisotopic (exact) mass is 370 g/mol. The van der Waals surface area contributed by atoms with Crippen LogP contribution in [0.3, 0.4) is 0 Å². The maximum absolute atomic E-state index is 9.10. The second kappa shape index (κ2) is 6.88. The molecule has 28 heavy (non-hydrogen) atoms. The van der Waals surface area contributed by atoms with Crippen LogP contribution in [0.4, 0.5) is 0 Å². The van der Waals surface area contributed by atoms with Crippen molar-refractivity contribution in [3.05, 3.63) is 71.5 Å². The number of aromatic nitrogens is 2. The van der Waals surface area contributed by atoms with Crippen molar-refractivity contribution < 1.29 is 4.52 Å². The van der Waals surface area contributed by atoms with E-state index in [1.807, 2.05) is 12.1 Å². The molecule has 0 radical (unpaired) electrons. The third kappa shape index (κ3) is 3.10. The summed E-state index contributed by atoms with van der Waals surface area (Å²) in [5.74, 6) is 1.90. The van der Waals surface area contributed by atoms with E-state index in [4.69, 9.17) is 14.8 Å². The zero-order chi connectivity index (χ0) is 19.0. The van der Waals surface area contributed by atoms with Crippen LogP contribution in [0.15, 0.2) is 59.1 Å². The minimum absolute atomic E-state index is 0.0293. The zero-order valence-electron chi connectivity index (χ0n) is 15.6. The van der Waals surface area contributed by atoms with Crippen LogP contribution in [0.25, 0.3) is 11.5 Å². The molecule has 2 atom stereocenters. The van der Waals surface area contributed by atoms with Gasteiger partial charge in [0, 0.05) is 29.5 Å². The molecule has 2 aliphatic rings. The Bertz CT molecular complexity index is 1020. The molecule has 5 heteroatoms. The van der Waals surface area contributed by atoms with Crippen LogP contribution in [-0.4, -0.2) is 22.7 Å². The lowest BCUT2D eigenvalue weighted by atomic mass is 9.68. The molecule has 2 aliphatic carbocycles. The lowest BCUT2D eigenvalue weighted by Gasteiger charge is -2.39. The smallest absolute Gasteiger partial charge is 0.257 e. The fraction of sp³-hybridized carbons (Fsp3) is 0.348. The summed E-state index contributed by atoms with van der Waals surface area (Å²) in [6.45, 7) is 0.887. The van der Waals surface area contributed by atoms with E-state index in [1.165, 1.54) is 18.4 Å². The Balaban J connectivity index is 1.28. The quantitative estimate of drug-likeness (QED) is 0.705. The van der Waals surface area contributed by atoms with E-state index < -0.39 is 0 Å². The summed E-state index contributed by atoms with van der Waals surface area (Å²) in [7, 11) is 0. The lowest BCUT2D eigenvalue weighted by molar-refractivity contribution is 0.211. The summed E-state index contributed by atoms with van der Waals surface area (Å²) in [5, 5.41) is 17.2. The molecule has 0 aliphatic heterocycles. The van der Waals surface area contributed by atoms with Gasteiger partial charge in [-0.15, -0.1) is 0 Å². The lowest BCUT2D eigenvalue weighted by Crippen LogP contribution is -2.45. The number of nitriles is 1. The molecular weight excluding hydrogens is 348 g/mol. The first-order valence-electron chi connectivity index (χ1n) is 9.90. The highest BCUT2D eigenvalue weighted by molar-refractivity contribution is 5.56.